The first-order chi connectivity index (χ1) is 16.9. The fourth-order valence-corrected chi connectivity index (χ4v) is 3.66. The minimum absolute atomic E-state index is 0.00282. The van der Waals surface area contributed by atoms with Crippen LogP contribution in [0.15, 0.2) is 58.1 Å². The Morgan fingerprint density at radius 3 is 2.37 bits per heavy atom. The van der Waals surface area contributed by atoms with E-state index in [4.69, 9.17) is 15.2 Å². The quantitative estimate of drug-likeness (QED) is 0.383. The molecule has 0 aliphatic rings. The number of aromatic nitrogens is 2. The lowest BCUT2D eigenvalue weighted by atomic mass is 10.2. The van der Waals surface area contributed by atoms with E-state index in [0.717, 1.165) is 5.56 Å². The molecular formula is C25H31N5O5. The van der Waals surface area contributed by atoms with Crippen molar-refractivity contribution in [3.05, 3.63) is 74.9 Å². The Kier molecular flexibility index (Phi) is 8.55. The second kappa shape index (κ2) is 11.8. The summed E-state index contributed by atoms with van der Waals surface area (Å²) in [6.45, 7) is 6.82. The van der Waals surface area contributed by atoms with Gasteiger partial charge in [-0.3, -0.25) is 19.1 Å². The molecule has 0 saturated heterocycles. The fraction of sp³-hybridized carbons (Fsp3) is 0.320. The summed E-state index contributed by atoms with van der Waals surface area (Å²) in [5.41, 5.74) is 6.45. The van der Waals surface area contributed by atoms with Gasteiger partial charge in [-0.05, 0) is 38.5 Å². The molecule has 3 aromatic rings. The van der Waals surface area contributed by atoms with Crippen LogP contribution >= 0.6 is 0 Å². The highest BCUT2D eigenvalue weighted by Crippen LogP contribution is 2.30. The second-order valence-corrected chi connectivity index (χ2v) is 7.65. The van der Waals surface area contributed by atoms with Crippen molar-refractivity contribution in [1.82, 2.24) is 9.55 Å². The molecule has 10 heteroatoms. The van der Waals surface area contributed by atoms with Crippen molar-refractivity contribution in [2.45, 2.75) is 27.3 Å². The third kappa shape index (κ3) is 6.23. The molecule has 1 heterocycles. The van der Waals surface area contributed by atoms with E-state index in [0.29, 0.717) is 36.9 Å². The number of H-pyrrole nitrogens is 1. The molecule has 1 aromatic heterocycles. The molecule has 1 amide bonds. The van der Waals surface area contributed by atoms with Crippen molar-refractivity contribution in [3.8, 4) is 11.5 Å². The third-order valence-corrected chi connectivity index (χ3v) is 5.26. The highest BCUT2D eigenvalue weighted by molar-refractivity contribution is 5.94. The highest BCUT2D eigenvalue weighted by Gasteiger charge is 2.20. The minimum Gasteiger partial charge on any atom is -0.490 e. The molecule has 0 bridgehead atoms. The van der Waals surface area contributed by atoms with Crippen molar-refractivity contribution in [2.24, 2.45) is 0 Å². The molecule has 0 atom stereocenters. The van der Waals surface area contributed by atoms with Crippen LogP contribution in [0.5, 0.6) is 11.5 Å². The van der Waals surface area contributed by atoms with Gasteiger partial charge in [0.15, 0.2) is 11.5 Å². The molecule has 0 radical (unpaired) electrons. The number of ether oxygens (including phenoxy) is 2. The van der Waals surface area contributed by atoms with Crippen molar-refractivity contribution in [3.63, 3.8) is 0 Å². The Bertz CT molecular complexity index is 1270. The Hall–Kier alpha value is -4.21. The standard InChI is InChI=1S/C25H31N5O5/c1-4-29(16-21(31)27-18-12-13-19(34-5-2)20(14-18)35-6-3)22-23(26)30(25(33)28-24(22)32)15-17-10-8-7-9-11-17/h7-14H,4-6,15-16,26H2,1-3H3,(H,27,31)(H,28,32,33). The first-order valence-electron chi connectivity index (χ1n) is 11.5. The molecule has 0 spiro atoms. The molecular weight excluding hydrogens is 450 g/mol. The number of rotatable bonds is 11. The number of anilines is 3. The second-order valence-electron chi connectivity index (χ2n) is 7.65. The van der Waals surface area contributed by atoms with Crippen LogP contribution in [0.3, 0.4) is 0 Å². The van der Waals surface area contributed by atoms with Gasteiger partial charge in [-0.25, -0.2) is 4.79 Å². The van der Waals surface area contributed by atoms with Crippen molar-refractivity contribution >= 4 is 23.1 Å². The van der Waals surface area contributed by atoms with Gasteiger partial charge in [0.05, 0.1) is 26.3 Å². The predicted octanol–water partition coefficient (Wildman–Crippen LogP) is 2.43. The summed E-state index contributed by atoms with van der Waals surface area (Å²) in [5.74, 6) is 0.741. The van der Waals surface area contributed by atoms with Gasteiger partial charge in [0.25, 0.3) is 5.56 Å². The Morgan fingerprint density at radius 1 is 1.03 bits per heavy atom. The van der Waals surface area contributed by atoms with Crippen LogP contribution in [-0.4, -0.2) is 41.8 Å². The summed E-state index contributed by atoms with van der Waals surface area (Å²) in [6, 6.07) is 14.4. The number of hydrogen-bond acceptors (Lipinski definition) is 7. The van der Waals surface area contributed by atoms with Gasteiger partial charge < -0.3 is 25.4 Å². The zero-order valence-electron chi connectivity index (χ0n) is 20.2. The summed E-state index contributed by atoms with van der Waals surface area (Å²) >= 11 is 0. The number of nitrogens with one attached hydrogen (secondary N) is 2. The Balaban J connectivity index is 1.83. The summed E-state index contributed by atoms with van der Waals surface area (Å²) in [5, 5.41) is 2.81. The van der Waals surface area contributed by atoms with E-state index >= 15 is 0 Å². The monoisotopic (exact) mass is 481 g/mol. The van der Waals surface area contributed by atoms with Crippen LogP contribution in [0.1, 0.15) is 26.3 Å². The van der Waals surface area contributed by atoms with Gasteiger partial charge in [-0.15, -0.1) is 0 Å². The Morgan fingerprint density at radius 2 is 1.71 bits per heavy atom. The maximum absolute atomic E-state index is 12.9. The van der Waals surface area contributed by atoms with Crippen molar-refractivity contribution in [2.75, 3.05) is 42.3 Å². The maximum Gasteiger partial charge on any atom is 0.330 e. The number of nitrogens with zero attached hydrogens (tertiary/aromatic N) is 2. The van der Waals surface area contributed by atoms with Gasteiger partial charge in [-0.1, -0.05) is 30.3 Å². The number of aromatic amines is 1. The number of nitrogens with two attached hydrogens (primary N) is 1. The summed E-state index contributed by atoms with van der Waals surface area (Å²) in [4.78, 5) is 41.8. The smallest absolute Gasteiger partial charge is 0.330 e. The lowest BCUT2D eigenvalue weighted by Gasteiger charge is -2.24. The van der Waals surface area contributed by atoms with E-state index in [-0.39, 0.29) is 30.5 Å². The number of nitrogen functional groups attached to an aromatic ring is 1. The van der Waals surface area contributed by atoms with Gasteiger partial charge in [0.2, 0.25) is 5.91 Å². The average molecular weight is 482 g/mol. The van der Waals surface area contributed by atoms with Crippen LogP contribution in [0, 0.1) is 0 Å². The summed E-state index contributed by atoms with van der Waals surface area (Å²) in [7, 11) is 0. The van der Waals surface area contributed by atoms with E-state index < -0.39 is 11.2 Å². The zero-order chi connectivity index (χ0) is 25.4. The van der Waals surface area contributed by atoms with Crippen LogP contribution in [0.4, 0.5) is 17.2 Å². The average Bonchev–Trinajstić information content (AvgIpc) is 2.83. The van der Waals surface area contributed by atoms with Crippen LogP contribution in [0.2, 0.25) is 0 Å². The molecule has 0 aliphatic heterocycles. The molecule has 0 fully saturated rings. The van der Waals surface area contributed by atoms with Crippen LogP contribution < -0.4 is 36.7 Å². The number of amides is 1. The fourth-order valence-electron chi connectivity index (χ4n) is 3.66. The maximum atomic E-state index is 12.9. The van der Waals surface area contributed by atoms with Crippen molar-refractivity contribution in [1.29, 1.82) is 0 Å². The summed E-state index contributed by atoms with van der Waals surface area (Å²) < 4.78 is 12.4. The Labute approximate surface area is 203 Å². The first-order valence-corrected chi connectivity index (χ1v) is 11.5. The van der Waals surface area contributed by atoms with Gasteiger partial charge in [-0.2, -0.15) is 0 Å². The van der Waals surface area contributed by atoms with Gasteiger partial charge in [0, 0.05) is 18.3 Å². The lowest BCUT2D eigenvalue weighted by molar-refractivity contribution is -0.115. The van der Waals surface area contributed by atoms with Gasteiger partial charge >= 0.3 is 5.69 Å². The molecule has 0 aliphatic carbocycles. The predicted molar refractivity (Wildman–Crippen MR) is 137 cm³/mol. The summed E-state index contributed by atoms with van der Waals surface area (Å²) in [6.07, 6.45) is 0. The van der Waals surface area contributed by atoms with E-state index in [9.17, 15) is 14.4 Å². The number of benzene rings is 2. The van der Waals surface area contributed by atoms with Crippen molar-refractivity contribution < 1.29 is 14.3 Å². The number of hydrogen-bond donors (Lipinski definition) is 3. The molecule has 0 unspecified atom stereocenters. The topological polar surface area (TPSA) is 132 Å². The lowest BCUT2D eigenvalue weighted by Crippen LogP contribution is -2.41. The molecule has 3 rings (SSSR count). The van der Waals surface area contributed by atoms with E-state index in [1.807, 2.05) is 44.2 Å². The van der Waals surface area contributed by atoms with Crippen LogP contribution in [-0.2, 0) is 11.3 Å². The van der Waals surface area contributed by atoms with E-state index in [1.54, 1.807) is 25.1 Å². The molecule has 10 nitrogen and oxygen atoms in total. The molecule has 4 N–H and O–H groups in total. The number of likely N-dealkylation sites (N-methyl/N-ethyl adjacent to an activating group) is 1. The zero-order valence-corrected chi connectivity index (χ0v) is 20.2. The van der Waals surface area contributed by atoms with E-state index in [2.05, 4.69) is 10.3 Å². The normalized spacial score (nSPS) is 10.6. The van der Waals surface area contributed by atoms with Gasteiger partial charge in [0.1, 0.15) is 11.5 Å². The molecule has 0 saturated carbocycles. The molecule has 35 heavy (non-hydrogen) atoms. The third-order valence-electron chi connectivity index (χ3n) is 5.26. The highest BCUT2D eigenvalue weighted by atomic mass is 16.5. The largest absolute Gasteiger partial charge is 0.490 e. The first kappa shape index (κ1) is 25.4. The SMILES string of the molecule is CCOc1ccc(NC(=O)CN(CC)c2c(N)n(Cc3ccccc3)c(=O)[nH]c2=O)cc1OCC. The van der Waals surface area contributed by atoms with E-state index in [1.165, 1.54) is 9.47 Å². The number of carbonyl (C=O) groups is 1. The minimum atomic E-state index is -0.647. The number of carbonyl (C=O) groups excluding carboxylic acids is 1. The van der Waals surface area contributed by atoms with Crippen LogP contribution in [0.25, 0.3) is 0 Å². The molecule has 2 aromatic carbocycles. The molecule has 186 valence electrons.